The van der Waals surface area contributed by atoms with Gasteiger partial charge >= 0.3 is 0 Å². The van der Waals surface area contributed by atoms with Gasteiger partial charge in [-0.2, -0.15) is 0 Å². The monoisotopic (exact) mass is 425 g/mol. The van der Waals surface area contributed by atoms with Gasteiger partial charge in [-0.3, -0.25) is 4.79 Å². The van der Waals surface area contributed by atoms with Crippen LogP contribution in [-0.4, -0.2) is 11.8 Å². The predicted molar refractivity (Wildman–Crippen MR) is 129 cm³/mol. The Morgan fingerprint density at radius 2 is 1.45 bits per heavy atom. The summed E-state index contributed by atoms with van der Waals surface area (Å²) >= 11 is 6.50. The Hall–Kier alpha value is -3.10. The first-order chi connectivity index (χ1) is 15.0. The first kappa shape index (κ1) is 19.8. The molecule has 1 aliphatic rings. The van der Waals surface area contributed by atoms with E-state index in [1.807, 2.05) is 6.92 Å². The van der Waals surface area contributed by atoms with E-state index in [4.69, 9.17) is 11.6 Å². The Labute approximate surface area is 187 Å². The highest BCUT2D eigenvalue weighted by Gasteiger charge is 2.37. The zero-order chi connectivity index (χ0) is 21.6. The summed E-state index contributed by atoms with van der Waals surface area (Å²) < 4.78 is 0. The number of hydrogen-bond donors (Lipinski definition) is 1. The third-order valence-electron chi connectivity index (χ3n) is 6.41. The molecule has 0 fully saturated rings. The largest absolute Gasteiger partial charge is 0.346 e. The Bertz CT molecular complexity index is 1270. The van der Waals surface area contributed by atoms with Crippen LogP contribution in [-0.2, 0) is 10.3 Å². The molecule has 5 rings (SSSR count). The Morgan fingerprint density at radius 3 is 2.06 bits per heavy atom. The Balaban J connectivity index is 1.88. The van der Waals surface area contributed by atoms with Crippen LogP contribution in [0.25, 0.3) is 21.9 Å². The van der Waals surface area contributed by atoms with Gasteiger partial charge in [-0.1, -0.05) is 84.9 Å². The summed E-state index contributed by atoms with van der Waals surface area (Å²) in [6.07, 6.45) is 0. The van der Waals surface area contributed by atoms with E-state index >= 15 is 0 Å². The molecule has 154 valence electrons. The lowest BCUT2D eigenvalue weighted by molar-refractivity contribution is -0.120. The highest BCUT2D eigenvalue weighted by atomic mass is 35.5. The van der Waals surface area contributed by atoms with Gasteiger partial charge in [0.15, 0.2) is 0 Å². The number of fused-ring (bicyclic) bond motifs is 4. The zero-order valence-corrected chi connectivity index (χ0v) is 18.4. The van der Waals surface area contributed by atoms with E-state index in [1.54, 1.807) is 6.92 Å². The number of amides is 1. The average Bonchev–Trinajstić information content (AvgIpc) is 3.12. The summed E-state index contributed by atoms with van der Waals surface area (Å²) in [5.74, 6) is 0.271. The van der Waals surface area contributed by atoms with E-state index in [9.17, 15) is 4.79 Å². The molecule has 4 aromatic rings. The van der Waals surface area contributed by atoms with Gasteiger partial charge in [0, 0.05) is 18.7 Å². The summed E-state index contributed by atoms with van der Waals surface area (Å²) in [5, 5.41) is 5.50. The molecule has 0 aliphatic heterocycles. The Kier molecular flexibility index (Phi) is 4.83. The molecule has 0 radical (unpaired) electrons. The topological polar surface area (TPSA) is 29.1 Å². The SMILES string of the molecule is CC(=O)NC(C)(CCl)c1ccc2ccccc2c1C1c2ccccc2-c2ccccc21. The standard InChI is InChI=1S/C28H24ClNO/c1-18(31)30-28(2,17-29)25-16-15-19-9-3-4-10-20(19)27(25)26-23-13-7-5-11-21(23)22-12-6-8-14-24(22)26/h3-16,26H,17H2,1-2H3,(H,30,31). The summed E-state index contributed by atoms with van der Waals surface area (Å²) in [7, 11) is 0. The van der Waals surface area contributed by atoms with Crippen molar-refractivity contribution in [2.45, 2.75) is 25.3 Å². The van der Waals surface area contributed by atoms with Crippen LogP contribution in [0.4, 0.5) is 0 Å². The molecule has 2 nitrogen and oxygen atoms in total. The number of carbonyl (C=O) groups excluding carboxylic acids is 1. The minimum Gasteiger partial charge on any atom is -0.346 e. The third kappa shape index (κ3) is 3.14. The minimum absolute atomic E-state index is 0.0739. The van der Waals surface area contributed by atoms with E-state index < -0.39 is 5.54 Å². The number of benzene rings is 4. The van der Waals surface area contributed by atoms with Gasteiger partial charge < -0.3 is 5.32 Å². The highest BCUT2D eigenvalue weighted by Crippen LogP contribution is 2.51. The van der Waals surface area contributed by atoms with Gasteiger partial charge in [-0.15, -0.1) is 11.6 Å². The van der Waals surface area contributed by atoms with Crippen LogP contribution < -0.4 is 5.32 Å². The second kappa shape index (κ2) is 7.55. The van der Waals surface area contributed by atoms with E-state index in [0.717, 1.165) is 5.56 Å². The lowest BCUT2D eigenvalue weighted by Gasteiger charge is -2.33. The van der Waals surface area contributed by atoms with Crippen LogP contribution in [0.1, 0.15) is 42.0 Å². The van der Waals surface area contributed by atoms with Crippen molar-refractivity contribution in [1.82, 2.24) is 5.32 Å². The first-order valence-corrected chi connectivity index (χ1v) is 11.1. The molecule has 0 heterocycles. The lowest BCUT2D eigenvalue weighted by atomic mass is 9.78. The third-order valence-corrected chi connectivity index (χ3v) is 6.94. The number of hydrogen-bond acceptors (Lipinski definition) is 1. The van der Waals surface area contributed by atoms with Crippen LogP contribution in [0.2, 0.25) is 0 Å². The van der Waals surface area contributed by atoms with Crippen LogP contribution in [0.5, 0.6) is 0 Å². The molecule has 1 unspecified atom stereocenters. The molecular formula is C28H24ClNO. The fraction of sp³-hybridized carbons (Fsp3) is 0.179. The van der Waals surface area contributed by atoms with Gasteiger partial charge in [0.05, 0.1) is 5.54 Å². The molecule has 1 aliphatic carbocycles. The predicted octanol–water partition coefficient (Wildman–Crippen LogP) is 6.59. The maximum absolute atomic E-state index is 12.1. The fourth-order valence-electron chi connectivity index (χ4n) is 5.12. The molecule has 0 bridgehead atoms. The fourth-order valence-corrected chi connectivity index (χ4v) is 5.33. The van der Waals surface area contributed by atoms with Crippen molar-refractivity contribution in [1.29, 1.82) is 0 Å². The summed E-state index contributed by atoms with van der Waals surface area (Å²) in [6, 6.07) is 30.0. The molecular weight excluding hydrogens is 402 g/mol. The van der Waals surface area contributed by atoms with Crippen molar-refractivity contribution in [3.8, 4) is 11.1 Å². The van der Waals surface area contributed by atoms with Crippen LogP contribution >= 0.6 is 11.6 Å². The summed E-state index contributed by atoms with van der Waals surface area (Å²) in [5.41, 5.74) is 6.73. The van der Waals surface area contributed by atoms with E-state index in [2.05, 4.69) is 90.2 Å². The molecule has 3 heteroatoms. The van der Waals surface area contributed by atoms with Gasteiger partial charge in [0.1, 0.15) is 0 Å². The van der Waals surface area contributed by atoms with Crippen molar-refractivity contribution < 1.29 is 4.79 Å². The Morgan fingerprint density at radius 1 is 0.871 bits per heavy atom. The van der Waals surface area contributed by atoms with Crippen molar-refractivity contribution in [3.63, 3.8) is 0 Å². The molecule has 0 aromatic heterocycles. The second-order valence-corrected chi connectivity index (χ2v) is 8.77. The molecule has 0 saturated carbocycles. The highest BCUT2D eigenvalue weighted by molar-refractivity contribution is 6.19. The van der Waals surface area contributed by atoms with Gasteiger partial charge in [-0.25, -0.2) is 0 Å². The smallest absolute Gasteiger partial charge is 0.217 e. The molecule has 1 N–H and O–H groups in total. The average molecular weight is 426 g/mol. The molecule has 1 amide bonds. The van der Waals surface area contributed by atoms with E-state index in [1.165, 1.54) is 38.6 Å². The molecule has 1 atom stereocenters. The van der Waals surface area contributed by atoms with Crippen LogP contribution in [0, 0.1) is 0 Å². The number of halogens is 1. The summed E-state index contributed by atoms with van der Waals surface area (Å²) in [6.45, 7) is 3.56. The van der Waals surface area contributed by atoms with Crippen molar-refractivity contribution in [2.24, 2.45) is 0 Å². The van der Waals surface area contributed by atoms with Crippen molar-refractivity contribution in [2.75, 3.05) is 5.88 Å². The van der Waals surface area contributed by atoms with Gasteiger partial charge in [-0.05, 0) is 51.1 Å². The van der Waals surface area contributed by atoms with E-state index in [0.29, 0.717) is 0 Å². The van der Waals surface area contributed by atoms with E-state index in [-0.39, 0.29) is 17.7 Å². The number of alkyl halides is 1. The normalized spacial score (nSPS) is 14.7. The first-order valence-electron chi connectivity index (χ1n) is 10.6. The van der Waals surface area contributed by atoms with Crippen molar-refractivity contribution in [3.05, 3.63) is 107 Å². The lowest BCUT2D eigenvalue weighted by Crippen LogP contribution is -2.44. The maximum Gasteiger partial charge on any atom is 0.217 e. The number of carbonyl (C=O) groups is 1. The van der Waals surface area contributed by atoms with Gasteiger partial charge in [0.2, 0.25) is 5.91 Å². The molecule has 4 aromatic carbocycles. The summed E-state index contributed by atoms with van der Waals surface area (Å²) in [4.78, 5) is 12.1. The molecule has 0 spiro atoms. The molecule has 0 saturated heterocycles. The second-order valence-electron chi connectivity index (χ2n) is 8.50. The number of rotatable bonds is 4. The van der Waals surface area contributed by atoms with Gasteiger partial charge in [0.25, 0.3) is 0 Å². The number of nitrogens with one attached hydrogen (secondary N) is 1. The zero-order valence-electron chi connectivity index (χ0n) is 17.7. The van der Waals surface area contributed by atoms with Crippen molar-refractivity contribution >= 4 is 28.3 Å². The van der Waals surface area contributed by atoms with Crippen LogP contribution in [0.15, 0.2) is 84.9 Å². The molecule has 31 heavy (non-hydrogen) atoms. The maximum atomic E-state index is 12.1. The van der Waals surface area contributed by atoms with Crippen LogP contribution in [0.3, 0.4) is 0 Å². The quantitative estimate of drug-likeness (QED) is 0.323. The minimum atomic E-state index is -0.681.